The van der Waals surface area contributed by atoms with Gasteiger partial charge < -0.3 is 0 Å². The molecule has 2 aliphatic carbocycles. The normalized spacial score (nSPS) is 20.5. The van der Waals surface area contributed by atoms with Gasteiger partial charge in [0.15, 0.2) is 0 Å². The third-order valence-corrected chi connectivity index (χ3v) is 105. The summed E-state index contributed by atoms with van der Waals surface area (Å²) in [6.45, 7) is 14.3. The molecule has 6 rings (SSSR count). The van der Waals surface area contributed by atoms with Crippen molar-refractivity contribution in [2.24, 2.45) is 0 Å². The molecule has 4 heteroatoms. The second-order valence-electron chi connectivity index (χ2n) is 14.1. The Labute approximate surface area is 254 Å². The molecule has 0 fully saturated rings. The molecule has 0 heterocycles. The second kappa shape index (κ2) is 9.28. The van der Waals surface area contributed by atoms with Crippen LogP contribution >= 0.6 is 17.0 Å². The Morgan fingerprint density at radius 3 is 1.29 bits per heavy atom. The molecule has 0 radical (unpaired) electrons. The van der Waals surface area contributed by atoms with E-state index in [1.807, 2.05) is 0 Å². The summed E-state index contributed by atoms with van der Waals surface area (Å²) in [6, 6.07) is 35.2. The van der Waals surface area contributed by atoms with Crippen LogP contribution in [0.1, 0.15) is 57.2 Å². The van der Waals surface area contributed by atoms with Crippen molar-refractivity contribution < 1.29 is 12.6 Å². The Hall–Kier alpha value is -1.96. The molecular formula is C38H43Cl2SiZr. The summed E-state index contributed by atoms with van der Waals surface area (Å²) in [6.07, 6.45) is 4.85. The van der Waals surface area contributed by atoms with Crippen LogP contribution in [0.3, 0.4) is 0 Å². The van der Waals surface area contributed by atoms with Crippen molar-refractivity contribution in [1.82, 2.24) is 0 Å². The molecule has 0 amide bonds. The predicted octanol–water partition coefficient (Wildman–Crippen LogP) is 12.6. The molecule has 0 nitrogen and oxygen atoms in total. The van der Waals surface area contributed by atoms with Gasteiger partial charge in [-0.15, -0.1) is 0 Å². The van der Waals surface area contributed by atoms with Crippen molar-refractivity contribution in [3.63, 3.8) is 0 Å². The minimum atomic E-state index is -6.02. The van der Waals surface area contributed by atoms with Crippen molar-refractivity contribution in [3.8, 4) is 22.3 Å². The van der Waals surface area contributed by atoms with Gasteiger partial charge in [-0.1, -0.05) is 0 Å². The Kier molecular flexibility index (Phi) is 6.64. The zero-order chi connectivity index (χ0) is 30.0. The van der Waals surface area contributed by atoms with Gasteiger partial charge in [-0.25, -0.2) is 0 Å². The minimum absolute atomic E-state index is 0.0186. The summed E-state index contributed by atoms with van der Waals surface area (Å²) in [5.41, 5.74) is 13.0. The fourth-order valence-electron chi connectivity index (χ4n) is 10.1. The number of halogens is 2. The van der Waals surface area contributed by atoms with Crippen LogP contribution in [0.5, 0.6) is 0 Å². The van der Waals surface area contributed by atoms with Crippen molar-refractivity contribution in [2.45, 2.75) is 56.3 Å². The van der Waals surface area contributed by atoms with E-state index in [-0.39, 0.29) is 7.25 Å². The van der Waals surface area contributed by atoms with Crippen molar-refractivity contribution in [2.75, 3.05) is 0 Å². The molecule has 42 heavy (non-hydrogen) atoms. The first kappa shape index (κ1) is 30.1. The van der Waals surface area contributed by atoms with Gasteiger partial charge in [0.2, 0.25) is 0 Å². The van der Waals surface area contributed by atoms with Crippen LogP contribution in [0.25, 0.3) is 34.4 Å². The van der Waals surface area contributed by atoms with E-state index >= 15 is 0 Å². The summed E-state index contributed by atoms with van der Waals surface area (Å²) >= 11 is -6.02. The van der Waals surface area contributed by atoms with Crippen LogP contribution in [0, 0.1) is 0 Å². The molecule has 2 atom stereocenters. The van der Waals surface area contributed by atoms with Crippen molar-refractivity contribution in [3.05, 3.63) is 130 Å². The maximum absolute atomic E-state index is 9.21. The third-order valence-electron chi connectivity index (χ3n) is 12.8. The fourth-order valence-corrected chi connectivity index (χ4v) is 67.3. The monoisotopic (exact) mass is 687 g/mol. The van der Waals surface area contributed by atoms with E-state index in [1.165, 1.54) is 55.7 Å². The average Bonchev–Trinajstić information content (AvgIpc) is 3.56. The van der Waals surface area contributed by atoms with E-state index in [0.29, 0.717) is 0 Å². The van der Waals surface area contributed by atoms with Crippen molar-refractivity contribution in [1.29, 1.82) is 0 Å². The van der Waals surface area contributed by atoms with E-state index in [4.69, 9.17) is 0 Å². The van der Waals surface area contributed by atoms with E-state index in [9.17, 15) is 17.0 Å². The van der Waals surface area contributed by atoms with Crippen LogP contribution in [0.15, 0.2) is 108 Å². The van der Waals surface area contributed by atoms with Gasteiger partial charge in [-0.2, -0.15) is 0 Å². The first-order chi connectivity index (χ1) is 19.9. The van der Waals surface area contributed by atoms with Crippen LogP contribution in [0.2, 0.25) is 21.4 Å². The quantitative estimate of drug-likeness (QED) is 0.169. The first-order valence-electron chi connectivity index (χ1n) is 15.6. The van der Waals surface area contributed by atoms with Crippen LogP contribution in [-0.4, -0.2) is 5.92 Å². The zero-order valence-electron chi connectivity index (χ0n) is 25.8. The Balaban J connectivity index is 1.71. The number of allylic oxidation sites excluding steroid dienone is 2. The Morgan fingerprint density at radius 2 is 0.952 bits per heavy atom. The van der Waals surface area contributed by atoms with E-state index in [2.05, 4.69) is 150 Å². The molecule has 0 saturated heterocycles. The van der Waals surface area contributed by atoms with Gasteiger partial charge in [0.1, 0.15) is 0 Å². The predicted molar refractivity (Wildman–Crippen MR) is 188 cm³/mol. The van der Waals surface area contributed by atoms with E-state index in [1.54, 1.807) is 0 Å². The van der Waals surface area contributed by atoms with Crippen LogP contribution in [-0.2, 0) is 12.6 Å². The molecular weight excluding hydrogens is 647 g/mol. The first-order valence-corrected chi connectivity index (χ1v) is 35.4. The van der Waals surface area contributed by atoms with Gasteiger partial charge in [0, 0.05) is 0 Å². The molecule has 0 bridgehead atoms. The summed E-state index contributed by atoms with van der Waals surface area (Å²) in [5.74, 6) is -1.83. The second-order valence-corrected chi connectivity index (χ2v) is 81.1. The Bertz CT molecular complexity index is 1690. The summed E-state index contributed by atoms with van der Waals surface area (Å²) in [5, 5.41) is 0. The number of fused-ring (bicyclic) bond motifs is 2. The van der Waals surface area contributed by atoms with Crippen LogP contribution in [0.4, 0.5) is 0 Å². The summed E-state index contributed by atoms with van der Waals surface area (Å²) in [7, 11) is 18.4. The molecule has 0 aliphatic heterocycles. The van der Waals surface area contributed by atoms with E-state index in [0.717, 1.165) is 8.26 Å². The molecule has 217 valence electrons. The third kappa shape index (κ3) is 3.50. The van der Waals surface area contributed by atoms with E-state index < -0.39 is 18.5 Å². The standard InChI is InChI=1S/2C16H13.C2H7Si.2C2H5.2ClH.Zr/c2*1-12-10-14-8-5-9-15(16(14)11-12)13-6-3-2-4-7-13;1-3-2;2*1-2;;;/h2*2-11H,1H3;3H,1-2H3;2*1H2,2H3;2*1H;/q;;;;;;;+2/p-2. The molecule has 0 N–H and O–H groups in total. The average molecular weight is 690 g/mol. The fraction of sp³-hybridized carbons (Fsp3) is 0.263. The van der Waals surface area contributed by atoms with Crippen LogP contribution < -0.4 is 0 Å². The molecule has 0 aromatic heterocycles. The molecule has 2 aliphatic rings. The van der Waals surface area contributed by atoms with Gasteiger partial charge in [0.05, 0.1) is 0 Å². The maximum atomic E-state index is 9.21. The summed E-state index contributed by atoms with van der Waals surface area (Å²) in [4.78, 5) is 0. The topological polar surface area (TPSA) is 0 Å². The molecule has 0 saturated carbocycles. The summed E-state index contributed by atoms with van der Waals surface area (Å²) < 4.78 is 1.70. The number of hydrogen-bond donors (Lipinski definition) is 0. The van der Waals surface area contributed by atoms with Gasteiger partial charge in [0.25, 0.3) is 0 Å². The SMILES string of the molecule is C[CH2][Zr]([Cl])([Cl])([CH2]C)([CH]1C(C)=Cc2c(-c3ccccc3)cccc21)([CH]1C(C)=Cc2c(-c3ccccc3)cccc21)[SiH](C)C. The molecule has 4 aromatic carbocycles. The Morgan fingerprint density at radius 1 is 0.571 bits per heavy atom. The van der Waals surface area contributed by atoms with Crippen molar-refractivity contribution >= 4 is 35.1 Å². The molecule has 0 spiro atoms. The zero-order valence-corrected chi connectivity index (χ0v) is 30.9. The molecule has 2 unspecified atom stereocenters. The van der Waals surface area contributed by atoms with Gasteiger partial charge in [-0.3, -0.25) is 0 Å². The number of rotatable bonds is 7. The molecule has 4 aromatic rings. The number of benzene rings is 4. The van der Waals surface area contributed by atoms with Gasteiger partial charge in [-0.05, 0) is 0 Å². The number of hydrogen-bond acceptors (Lipinski definition) is 0. The van der Waals surface area contributed by atoms with Gasteiger partial charge >= 0.3 is 257 Å².